The fraction of sp³-hybridized carbons (Fsp3) is 0.684. The molecule has 1 aromatic carbocycles. The van der Waals surface area contributed by atoms with Gasteiger partial charge in [0.25, 0.3) is 0 Å². The highest BCUT2D eigenvalue weighted by Crippen LogP contribution is 2.53. The van der Waals surface area contributed by atoms with Gasteiger partial charge < -0.3 is 10.2 Å². The Labute approximate surface area is 128 Å². The Kier molecular flexibility index (Phi) is 4.00. The molecule has 2 aliphatic carbocycles. The Morgan fingerprint density at radius 2 is 2.14 bits per heavy atom. The van der Waals surface area contributed by atoms with E-state index >= 15 is 0 Å². The summed E-state index contributed by atoms with van der Waals surface area (Å²) < 4.78 is 0. The molecule has 0 radical (unpaired) electrons. The lowest BCUT2D eigenvalue weighted by Crippen LogP contribution is -2.41. The van der Waals surface area contributed by atoms with Crippen LogP contribution in [-0.4, -0.2) is 16.3 Å². The van der Waals surface area contributed by atoms with Gasteiger partial charge in [-0.3, -0.25) is 0 Å². The third-order valence-electron chi connectivity index (χ3n) is 6.00. The van der Waals surface area contributed by atoms with Crippen molar-refractivity contribution in [3.63, 3.8) is 0 Å². The van der Waals surface area contributed by atoms with E-state index in [1.165, 1.54) is 24.0 Å². The summed E-state index contributed by atoms with van der Waals surface area (Å²) in [6.07, 6.45) is 7.57. The summed E-state index contributed by atoms with van der Waals surface area (Å²) in [5.74, 6) is 1.73. The van der Waals surface area contributed by atoms with E-state index in [0.29, 0.717) is 17.6 Å². The van der Waals surface area contributed by atoms with E-state index in [1.54, 1.807) is 0 Å². The number of phenols is 1. The number of phenolic OH excluding ortho intramolecular Hbond substituents is 1. The maximum Gasteiger partial charge on any atom is 0.115 e. The first kappa shape index (κ1) is 14.9. The number of benzene rings is 1. The third kappa shape index (κ3) is 2.70. The molecular weight excluding hydrogens is 260 g/mol. The van der Waals surface area contributed by atoms with Gasteiger partial charge in [0, 0.05) is 0 Å². The van der Waals surface area contributed by atoms with Crippen molar-refractivity contribution in [3.05, 3.63) is 29.3 Å². The van der Waals surface area contributed by atoms with Crippen LogP contribution in [0.3, 0.4) is 0 Å². The second-order valence-corrected chi connectivity index (χ2v) is 7.49. The van der Waals surface area contributed by atoms with Crippen molar-refractivity contribution < 1.29 is 10.2 Å². The zero-order chi connectivity index (χ0) is 15.0. The van der Waals surface area contributed by atoms with Crippen LogP contribution in [0, 0.1) is 11.3 Å². The summed E-state index contributed by atoms with van der Waals surface area (Å²) in [5.41, 5.74) is 2.90. The van der Waals surface area contributed by atoms with Crippen LogP contribution >= 0.6 is 0 Å². The average molecular weight is 288 g/mol. The van der Waals surface area contributed by atoms with E-state index in [0.717, 1.165) is 32.1 Å². The molecule has 0 saturated heterocycles. The number of hydrogen-bond acceptors (Lipinski definition) is 2. The van der Waals surface area contributed by atoms with Crippen molar-refractivity contribution in [1.29, 1.82) is 0 Å². The molecular formula is C19H28O2. The molecule has 21 heavy (non-hydrogen) atoms. The molecule has 1 saturated carbocycles. The van der Waals surface area contributed by atoms with Crippen molar-refractivity contribution in [2.45, 2.75) is 70.8 Å². The van der Waals surface area contributed by atoms with Gasteiger partial charge in [-0.1, -0.05) is 26.3 Å². The van der Waals surface area contributed by atoms with Gasteiger partial charge in [0.05, 0.1) is 6.10 Å². The van der Waals surface area contributed by atoms with Gasteiger partial charge in [0.1, 0.15) is 5.75 Å². The van der Waals surface area contributed by atoms with Gasteiger partial charge in [0.2, 0.25) is 0 Å². The monoisotopic (exact) mass is 288 g/mol. The molecule has 1 aromatic rings. The van der Waals surface area contributed by atoms with Gasteiger partial charge in [-0.2, -0.15) is 0 Å². The Morgan fingerprint density at radius 3 is 2.90 bits per heavy atom. The van der Waals surface area contributed by atoms with E-state index in [9.17, 15) is 10.2 Å². The molecule has 3 rings (SSSR count). The zero-order valence-corrected chi connectivity index (χ0v) is 13.3. The fourth-order valence-electron chi connectivity index (χ4n) is 4.71. The van der Waals surface area contributed by atoms with Gasteiger partial charge >= 0.3 is 0 Å². The molecule has 4 atom stereocenters. The first-order valence-corrected chi connectivity index (χ1v) is 8.53. The summed E-state index contributed by atoms with van der Waals surface area (Å²) >= 11 is 0. The largest absolute Gasteiger partial charge is 0.508 e. The van der Waals surface area contributed by atoms with Gasteiger partial charge in [-0.15, -0.1) is 0 Å². The molecule has 0 spiro atoms. The summed E-state index contributed by atoms with van der Waals surface area (Å²) in [7, 11) is 0. The van der Waals surface area contributed by atoms with E-state index in [-0.39, 0.29) is 11.5 Å². The van der Waals surface area contributed by atoms with Crippen LogP contribution in [0.15, 0.2) is 18.2 Å². The van der Waals surface area contributed by atoms with Crippen LogP contribution < -0.4 is 0 Å². The second kappa shape index (κ2) is 5.64. The van der Waals surface area contributed by atoms with Crippen LogP contribution in [0.1, 0.15) is 69.4 Å². The molecule has 0 aromatic heterocycles. The van der Waals surface area contributed by atoms with Crippen molar-refractivity contribution in [2.75, 3.05) is 0 Å². The van der Waals surface area contributed by atoms with Crippen molar-refractivity contribution in [2.24, 2.45) is 11.3 Å². The predicted molar refractivity (Wildman–Crippen MR) is 85.5 cm³/mol. The molecule has 0 aliphatic heterocycles. The number of aliphatic hydroxyl groups is 1. The lowest BCUT2D eigenvalue weighted by Gasteiger charge is -2.47. The average Bonchev–Trinajstić information content (AvgIpc) is 2.47. The molecule has 0 unspecified atom stereocenters. The van der Waals surface area contributed by atoms with E-state index in [2.05, 4.69) is 19.9 Å². The first-order chi connectivity index (χ1) is 10.0. The Bertz CT molecular complexity index is 510. The highest BCUT2D eigenvalue weighted by molar-refractivity contribution is 5.39. The number of hydrogen-bond donors (Lipinski definition) is 2. The van der Waals surface area contributed by atoms with Gasteiger partial charge in [-0.05, 0) is 79.0 Å². The number of aryl methyl sites for hydroxylation is 1. The minimum absolute atomic E-state index is 0.103. The quantitative estimate of drug-likeness (QED) is 0.866. The van der Waals surface area contributed by atoms with Crippen LogP contribution in [0.4, 0.5) is 0 Å². The third-order valence-corrected chi connectivity index (χ3v) is 6.00. The number of aromatic hydroxyl groups is 1. The summed E-state index contributed by atoms with van der Waals surface area (Å²) in [6.45, 7) is 4.44. The predicted octanol–water partition coefficient (Wildman–Crippen LogP) is 4.39. The zero-order valence-electron chi connectivity index (χ0n) is 13.3. The summed E-state index contributed by atoms with van der Waals surface area (Å²) in [5, 5.41) is 20.2. The van der Waals surface area contributed by atoms with Crippen molar-refractivity contribution in [3.8, 4) is 5.75 Å². The number of fused-ring (bicyclic) bond motifs is 3. The smallest absolute Gasteiger partial charge is 0.115 e. The maximum atomic E-state index is 10.5. The minimum Gasteiger partial charge on any atom is -0.508 e. The molecule has 2 heteroatoms. The molecule has 2 N–H and O–H groups in total. The highest BCUT2D eigenvalue weighted by Gasteiger charge is 2.43. The molecule has 0 heterocycles. The maximum absolute atomic E-state index is 10.5. The molecule has 0 bridgehead atoms. The van der Waals surface area contributed by atoms with E-state index in [4.69, 9.17) is 0 Å². The fourth-order valence-corrected chi connectivity index (χ4v) is 4.71. The standard InChI is InChI=1S/C19H28O2/c1-3-4-18(21)19(2)10-9-17-14(12-19)6-5-13-11-15(20)7-8-16(13)17/h7-8,11,14,17-18,20-21H,3-6,9-10,12H2,1-2H3/t14-,17-,18-,19-/m0/s1. The van der Waals surface area contributed by atoms with Crippen molar-refractivity contribution >= 4 is 0 Å². The minimum atomic E-state index is -0.148. The number of aliphatic hydroxyl groups excluding tert-OH is 1. The van der Waals surface area contributed by atoms with E-state index in [1.807, 2.05) is 12.1 Å². The van der Waals surface area contributed by atoms with Crippen LogP contribution in [0.5, 0.6) is 5.75 Å². The normalized spacial score (nSPS) is 33.1. The van der Waals surface area contributed by atoms with Gasteiger partial charge in [0.15, 0.2) is 0 Å². The molecule has 2 nitrogen and oxygen atoms in total. The summed E-state index contributed by atoms with van der Waals surface area (Å²) in [6, 6.07) is 5.92. The Morgan fingerprint density at radius 1 is 1.33 bits per heavy atom. The van der Waals surface area contributed by atoms with Gasteiger partial charge in [-0.25, -0.2) is 0 Å². The van der Waals surface area contributed by atoms with Crippen LogP contribution in [0.25, 0.3) is 0 Å². The van der Waals surface area contributed by atoms with Crippen LogP contribution in [-0.2, 0) is 6.42 Å². The van der Waals surface area contributed by atoms with Crippen molar-refractivity contribution in [1.82, 2.24) is 0 Å². The lowest BCUT2D eigenvalue weighted by atomic mass is 9.58. The molecule has 0 amide bonds. The number of rotatable bonds is 3. The Balaban J connectivity index is 1.80. The summed E-state index contributed by atoms with van der Waals surface area (Å²) in [4.78, 5) is 0. The second-order valence-electron chi connectivity index (χ2n) is 7.49. The first-order valence-electron chi connectivity index (χ1n) is 8.53. The SMILES string of the molecule is CCC[C@H](O)[C@@]1(C)CC[C@@H]2c3ccc(O)cc3CC[C@H]2C1. The lowest BCUT2D eigenvalue weighted by molar-refractivity contribution is -0.0204. The highest BCUT2D eigenvalue weighted by atomic mass is 16.3. The topological polar surface area (TPSA) is 40.5 Å². The molecule has 116 valence electrons. The molecule has 1 fully saturated rings. The van der Waals surface area contributed by atoms with Crippen LogP contribution in [0.2, 0.25) is 0 Å². The molecule has 2 aliphatic rings. The Hall–Kier alpha value is -1.02. The van der Waals surface area contributed by atoms with E-state index < -0.39 is 0 Å².